The van der Waals surface area contributed by atoms with Gasteiger partial charge in [-0.05, 0) is 53.7 Å². The number of fused-ring (bicyclic) bond motifs is 2. The fourth-order valence-corrected chi connectivity index (χ4v) is 4.24. The first kappa shape index (κ1) is 15.3. The topological polar surface area (TPSA) is 37.8 Å². The first-order chi connectivity index (χ1) is 11.5. The van der Waals surface area contributed by atoms with Gasteiger partial charge < -0.3 is 4.98 Å². The number of aromatic amines is 1. The SMILES string of the molecule is CC1(C)CC[C@@H](n2c(=S)[nH]c3ccccc3c2=O)c2ccccc21. The first-order valence-electron chi connectivity index (χ1n) is 8.32. The lowest BCUT2D eigenvalue weighted by Crippen LogP contribution is -2.34. The average Bonchev–Trinajstić information content (AvgIpc) is 2.57. The van der Waals surface area contributed by atoms with Crippen LogP contribution in [0.5, 0.6) is 0 Å². The van der Waals surface area contributed by atoms with E-state index in [-0.39, 0.29) is 17.0 Å². The Balaban J connectivity index is 2.00. The van der Waals surface area contributed by atoms with Crippen molar-refractivity contribution >= 4 is 23.1 Å². The molecule has 0 bridgehead atoms. The summed E-state index contributed by atoms with van der Waals surface area (Å²) < 4.78 is 2.27. The quantitative estimate of drug-likeness (QED) is 0.653. The normalized spacial score (nSPS) is 19.2. The van der Waals surface area contributed by atoms with Gasteiger partial charge in [-0.3, -0.25) is 9.36 Å². The van der Waals surface area contributed by atoms with E-state index in [4.69, 9.17) is 12.2 Å². The molecular formula is C20H20N2OS. The number of hydrogen-bond donors (Lipinski definition) is 1. The summed E-state index contributed by atoms with van der Waals surface area (Å²) in [6, 6.07) is 16.0. The molecule has 0 fully saturated rings. The summed E-state index contributed by atoms with van der Waals surface area (Å²) in [6.07, 6.45) is 1.95. The minimum atomic E-state index is -0.00569. The molecule has 4 rings (SSSR count). The van der Waals surface area contributed by atoms with Crippen LogP contribution in [0.25, 0.3) is 10.9 Å². The third kappa shape index (κ3) is 2.25. The van der Waals surface area contributed by atoms with Crippen molar-refractivity contribution in [1.82, 2.24) is 9.55 Å². The third-order valence-corrected chi connectivity index (χ3v) is 5.54. The van der Waals surface area contributed by atoms with Crippen LogP contribution in [-0.4, -0.2) is 9.55 Å². The second-order valence-electron chi connectivity index (χ2n) is 7.18. The largest absolute Gasteiger partial charge is 0.332 e. The van der Waals surface area contributed by atoms with Crippen LogP contribution in [0.3, 0.4) is 0 Å². The molecule has 0 saturated carbocycles. The fourth-order valence-electron chi connectivity index (χ4n) is 3.92. The van der Waals surface area contributed by atoms with Crippen molar-refractivity contribution in [1.29, 1.82) is 0 Å². The molecule has 0 radical (unpaired) electrons. The minimum Gasteiger partial charge on any atom is -0.332 e. The van der Waals surface area contributed by atoms with Gasteiger partial charge in [-0.1, -0.05) is 50.2 Å². The van der Waals surface area contributed by atoms with E-state index < -0.39 is 0 Å². The van der Waals surface area contributed by atoms with Gasteiger partial charge in [0.25, 0.3) is 5.56 Å². The van der Waals surface area contributed by atoms with Crippen molar-refractivity contribution < 1.29 is 0 Å². The first-order valence-corrected chi connectivity index (χ1v) is 8.73. The third-order valence-electron chi connectivity index (χ3n) is 5.24. The second kappa shape index (κ2) is 5.42. The summed E-state index contributed by atoms with van der Waals surface area (Å²) in [5.41, 5.74) is 3.45. The predicted molar refractivity (Wildman–Crippen MR) is 100 cm³/mol. The molecule has 1 atom stereocenters. The van der Waals surface area contributed by atoms with E-state index >= 15 is 0 Å². The highest BCUT2D eigenvalue weighted by atomic mass is 32.1. The van der Waals surface area contributed by atoms with Crippen LogP contribution in [0, 0.1) is 4.77 Å². The highest BCUT2D eigenvalue weighted by Gasteiger charge is 2.33. The number of H-pyrrole nitrogens is 1. The maximum absolute atomic E-state index is 13.1. The van der Waals surface area contributed by atoms with Gasteiger partial charge >= 0.3 is 0 Å². The summed E-state index contributed by atoms with van der Waals surface area (Å²) in [5.74, 6) is 0. The molecule has 0 spiro atoms. The smallest absolute Gasteiger partial charge is 0.262 e. The monoisotopic (exact) mass is 336 g/mol. The minimum absolute atomic E-state index is 0.00455. The van der Waals surface area contributed by atoms with Gasteiger partial charge in [0.1, 0.15) is 0 Å². The molecule has 1 aromatic heterocycles. The van der Waals surface area contributed by atoms with Gasteiger partial charge in [-0.15, -0.1) is 0 Å². The maximum Gasteiger partial charge on any atom is 0.262 e. The van der Waals surface area contributed by atoms with Crippen molar-refractivity contribution in [3.05, 3.63) is 74.8 Å². The van der Waals surface area contributed by atoms with Crippen LogP contribution < -0.4 is 5.56 Å². The molecule has 4 heteroatoms. The van der Waals surface area contributed by atoms with Crippen molar-refractivity contribution in [2.75, 3.05) is 0 Å². The Labute approximate surface area is 146 Å². The summed E-state index contributed by atoms with van der Waals surface area (Å²) in [5, 5.41) is 0.688. The molecule has 0 saturated heterocycles. The van der Waals surface area contributed by atoms with Gasteiger partial charge in [0, 0.05) is 0 Å². The highest BCUT2D eigenvalue weighted by molar-refractivity contribution is 7.71. The molecule has 1 N–H and O–H groups in total. The summed E-state index contributed by atoms with van der Waals surface area (Å²) in [4.78, 5) is 16.3. The Hall–Kier alpha value is -2.20. The number of benzene rings is 2. The van der Waals surface area contributed by atoms with Crippen LogP contribution in [0.1, 0.15) is 43.9 Å². The molecule has 24 heavy (non-hydrogen) atoms. The van der Waals surface area contributed by atoms with E-state index in [2.05, 4.69) is 37.0 Å². The van der Waals surface area contributed by atoms with Crippen LogP contribution in [-0.2, 0) is 5.41 Å². The number of nitrogens with zero attached hydrogens (tertiary/aromatic N) is 1. The molecular weight excluding hydrogens is 316 g/mol. The van der Waals surface area contributed by atoms with Crippen LogP contribution in [0.15, 0.2) is 53.3 Å². The molecule has 1 heterocycles. The van der Waals surface area contributed by atoms with Crippen LogP contribution >= 0.6 is 12.2 Å². The Morgan fingerprint density at radius 3 is 2.67 bits per heavy atom. The molecule has 0 unspecified atom stereocenters. The molecule has 2 aromatic carbocycles. The van der Waals surface area contributed by atoms with E-state index in [1.165, 1.54) is 11.1 Å². The number of rotatable bonds is 1. The fraction of sp³-hybridized carbons (Fsp3) is 0.300. The summed E-state index contributed by atoms with van der Waals surface area (Å²) in [7, 11) is 0. The van der Waals surface area contributed by atoms with Gasteiger partial charge in [-0.25, -0.2) is 0 Å². The molecule has 0 amide bonds. The van der Waals surface area contributed by atoms with Gasteiger partial charge in [-0.2, -0.15) is 0 Å². The molecule has 3 nitrogen and oxygen atoms in total. The number of nitrogens with one attached hydrogen (secondary N) is 1. The molecule has 3 aromatic rings. The Morgan fingerprint density at radius 1 is 1.12 bits per heavy atom. The number of para-hydroxylation sites is 1. The molecule has 122 valence electrons. The van der Waals surface area contributed by atoms with Crippen molar-refractivity contribution in [3.63, 3.8) is 0 Å². The highest BCUT2D eigenvalue weighted by Crippen LogP contribution is 2.42. The van der Waals surface area contributed by atoms with E-state index in [1.54, 1.807) is 4.57 Å². The lowest BCUT2D eigenvalue weighted by Gasteiger charge is -2.37. The molecule has 0 aliphatic heterocycles. The summed E-state index contributed by atoms with van der Waals surface area (Å²) >= 11 is 5.54. The zero-order valence-corrected chi connectivity index (χ0v) is 14.7. The zero-order valence-electron chi connectivity index (χ0n) is 13.9. The van der Waals surface area contributed by atoms with Gasteiger partial charge in [0.2, 0.25) is 0 Å². The van der Waals surface area contributed by atoms with E-state index in [0.29, 0.717) is 10.2 Å². The van der Waals surface area contributed by atoms with Crippen molar-refractivity contribution in [2.24, 2.45) is 0 Å². The zero-order chi connectivity index (χ0) is 16.9. The summed E-state index contributed by atoms with van der Waals surface area (Å²) in [6.45, 7) is 4.54. The second-order valence-corrected chi connectivity index (χ2v) is 7.56. The van der Waals surface area contributed by atoms with Crippen LogP contribution in [0.2, 0.25) is 0 Å². The van der Waals surface area contributed by atoms with Crippen LogP contribution in [0.4, 0.5) is 0 Å². The van der Waals surface area contributed by atoms with Crippen molar-refractivity contribution in [3.8, 4) is 0 Å². The lowest BCUT2D eigenvalue weighted by atomic mass is 9.71. The standard InChI is InChI=1S/C20H20N2OS/c1-20(2)12-11-17(13-7-3-5-9-15(13)20)22-18(23)14-8-4-6-10-16(14)21-19(22)24/h3-10,17H,11-12H2,1-2H3,(H,21,24)/t17-/m1/s1. The van der Waals surface area contributed by atoms with E-state index in [9.17, 15) is 4.79 Å². The molecule has 1 aliphatic carbocycles. The van der Waals surface area contributed by atoms with Gasteiger partial charge in [0.15, 0.2) is 4.77 Å². The van der Waals surface area contributed by atoms with Gasteiger partial charge in [0.05, 0.1) is 16.9 Å². The average molecular weight is 336 g/mol. The van der Waals surface area contributed by atoms with Crippen molar-refractivity contribution in [2.45, 2.75) is 38.1 Å². The maximum atomic E-state index is 13.1. The Morgan fingerprint density at radius 2 is 1.83 bits per heavy atom. The van der Waals surface area contributed by atoms with E-state index in [0.717, 1.165) is 18.4 Å². The number of aromatic nitrogens is 2. The predicted octanol–water partition coefficient (Wildman–Crippen LogP) is 4.72. The lowest BCUT2D eigenvalue weighted by molar-refractivity contribution is 0.361. The number of hydrogen-bond acceptors (Lipinski definition) is 2. The van der Waals surface area contributed by atoms with E-state index in [1.807, 2.05) is 30.3 Å². The Bertz CT molecular complexity index is 1050. The Kier molecular flexibility index (Phi) is 3.46. The molecule has 1 aliphatic rings.